The molecule has 1 N–H and O–H groups in total. The molecule has 0 amide bonds. The van der Waals surface area contributed by atoms with Crippen LogP contribution in [0.5, 0.6) is 0 Å². The number of hydrogen-bond acceptors (Lipinski definition) is 1. The molecule has 0 unspecified atom stereocenters. The minimum absolute atomic E-state index is 0.157. The van der Waals surface area contributed by atoms with E-state index in [0.29, 0.717) is 6.42 Å². The van der Waals surface area contributed by atoms with Gasteiger partial charge in [-0.25, -0.2) is 0 Å². The average Bonchev–Trinajstić information content (AvgIpc) is 2.63. The number of hydrogen-bond donors (Lipinski definition) is 1. The van der Waals surface area contributed by atoms with Crippen molar-refractivity contribution in [2.45, 2.75) is 96.5 Å². The third kappa shape index (κ3) is 15.5. The quantitative estimate of drug-likeness (QED) is 0.420. The highest BCUT2D eigenvalue weighted by atomic mass is 16.4. The minimum atomic E-state index is -4.21. The van der Waals surface area contributed by atoms with Crippen LogP contribution in [0.25, 0.3) is 0 Å². The number of carbonyl (C=O) groups is 1. The van der Waals surface area contributed by atoms with Gasteiger partial charge in [0, 0.05) is 25.6 Å². The molecule has 0 aromatic carbocycles. The lowest BCUT2D eigenvalue weighted by atomic mass is 10.0. The highest BCUT2D eigenvalue weighted by Gasteiger charge is 1.96. The number of unbranched alkanes of at least 4 members (excludes halogenated alkanes) is 5. The Bertz CT molecular complexity index is 645. The van der Waals surface area contributed by atoms with Gasteiger partial charge in [-0.3, -0.25) is 4.79 Å². The minimum Gasteiger partial charge on any atom is -0.481 e. The zero-order valence-corrected chi connectivity index (χ0v) is 10.8. The molecule has 0 saturated heterocycles. The summed E-state index contributed by atoms with van der Waals surface area (Å²) in [4.78, 5) is 11.1. The number of carboxylic acids is 1. The molecule has 0 atom stereocenters. The van der Waals surface area contributed by atoms with Crippen LogP contribution in [0.2, 0.25) is 0 Å². The molecular formula is C16H32O2. The fraction of sp³-hybridized carbons (Fsp3) is 0.938. The second-order valence-corrected chi connectivity index (χ2v) is 3.75. The van der Waals surface area contributed by atoms with Gasteiger partial charge in [0.05, 0.1) is 0 Å². The molecule has 0 spiro atoms. The SMILES string of the molecule is [2H]C([2H])(CCCCCCCC)C([2H])([2H])C([2H])([2H])C([2H])([2H])C([2H])([2H])C([2H])([2H])C([2H])([2H])C(=O)O. The van der Waals surface area contributed by atoms with Crippen LogP contribution in [0.1, 0.15) is 116 Å². The van der Waals surface area contributed by atoms with E-state index in [0.717, 1.165) is 25.7 Å². The summed E-state index contributed by atoms with van der Waals surface area (Å²) in [6.07, 6.45) is -23.5. The Hall–Kier alpha value is -0.530. The van der Waals surface area contributed by atoms with Crippen LogP contribution in [-0.4, -0.2) is 11.1 Å². The van der Waals surface area contributed by atoms with E-state index in [2.05, 4.69) is 0 Å². The lowest BCUT2D eigenvalue weighted by Crippen LogP contribution is -1.93. The van der Waals surface area contributed by atoms with E-state index in [-0.39, 0.29) is 6.42 Å². The van der Waals surface area contributed by atoms with Crippen LogP contribution in [0.3, 0.4) is 0 Å². The Morgan fingerprint density at radius 2 is 1.33 bits per heavy atom. The molecule has 2 heteroatoms. The molecule has 0 aromatic heterocycles. The van der Waals surface area contributed by atoms with Gasteiger partial charge in [-0.1, -0.05) is 83.7 Å². The second kappa shape index (κ2) is 14.5. The van der Waals surface area contributed by atoms with Crippen LogP contribution in [0.4, 0.5) is 0 Å². The van der Waals surface area contributed by atoms with Crippen molar-refractivity contribution in [3.05, 3.63) is 0 Å². The summed E-state index contributed by atoms with van der Waals surface area (Å²) >= 11 is 0. The van der Waals surface area contributed by atoms with Gasteiger partial charge in [0.25, 0.3) is 0 Å². The van der Waals surface area contributed by atoms with Crippen molar-refractivity contribution >= 4 is 5.97 Å². The normalized spacial score (nSPS) is 27.8. The second-order valence-electron chi connectivity index (χ2n) is 3.75. The maximum absolute atomic E-state index is 11.1. The summed E-state index contributed by atoms with van der Waals surface area (Å²) in [7, 11) is 0. The van der Waals surface area contributed by atoms with E-state index in [9.17, 15) is 4.79 Å². The van der Waals surface area contributed by atoms with Gasteiger partial charge in [-0.2, -0.15) is 0 Å². The molecular weight excluding hydrogens is 224 g/mol. The summed E-state index contributed by atoms with van der Waals surface area (Å²) in [6.45, 7) is 2.01. The van der Waals surface area contributed by atoms with Crippen molar-refractivity contribution in [1.82, 2.24) is 0 Å². The fourth-order valence-electron chi connectivity index (χ4n) is 1.28. The summed E-state index contributed by atoms with van der Waals surface area (Å²) in [6, 6.07) is 0. The summed E-state index contributed by atoms with van der Waals surface area (Å²) in [5.41, 5.74) is 0. The molecule has 0 rings (SSSR count). The van der Waals surface area contributed by atoms with E-state index in [1.165, 1.54) is 0 Å². The first-order valence-electron chi connectivity index (χ1n) is 13.2. The predicted molar refractivity (Wildman–Crippen MR) is 77.9 cm³/mol. The Labute approximate surface area is 133 Å². The first kappa shape index (κ1) is 5.10. The third-order valence-electron chi connectivity index (χ3n) is 2.16. The van der Waals surface area contributed by atoms with Crippen molar-refractivity contribution in [3.8, 4) is 0 Å². The van der Waals surface area contributed by atoms with Gasteiger partial charge in [-0.15, -0.1) is 0 Å². The summed E-state index contributed by atoms with van der Waals surface area (Å²) in [5.74, 6) is -2.45. The van der Waals surface area contributed by atoms with Gasteiger partial charge in [0.15, 0.2) is 0 Å². The van der Waals surface area contributed by atoms with Crippen LogP contribution < -0.4 is 0 Å². The summed E-state index contributed by atoms with van der Waals surface area (Å²) < 4.78 is 110. The largest absolute Gasteiger partial charge is 0.481 e. The lowest BCUT2D eigenvalue weighted by molar-refractivity contribution is -0.137. The van der Waals surface area contributed by atoms with Gasteiger partial charge >= 0.3 is 5.97 Å². The molecule has 0 bridgehead atoms. The van der Waals surface area contributed by atoms with Crippen LogP contribution in [0.15, 0.2) is 0 Å². The van der Waals surface area contributed by atoms with Gasteiger partial charge in [0.2, 0.25) is 0 Å². The highest BCUT2D eigenvalue weighted by Crippen LogP contribution is 2.12. The molecule has 0 aliphatic rings. The maximum atomic E-state index is 11.1. The monoisotopic (exact) mass is 270 g/mol. The smallest absolute Gasteiger partial charge is 0.303 e. The lowest BCUT2D eigenvalue weighted by Gasteiger charge is -2.02. The topological polar surface area (TPSA) is 37.3 Å². The maximum Gasteiger partial charge on any atom is 0.303 e. The summed E-state index contributed by atoms with van der Waals surface area (Å²) in [5, 5.41) is 8.94. The Morgan fingerprint density at radius 3 is 1.94 bits per heavy atom. The number of aliphatic carboxylic acids is 1. The molecule has 2 nitrogen and oxygen atoms in total. The standard InChI is InChI=1S/C16H32O2/c1-2-3-4-5-6-7-8-9-10-11-12-13-14-15-16(17)18/h2-15H2,1H3,(H,17,18)/i9D2,10D2,11D2,12D2,13D2,14D2,15D2. The van der Waals surface area contributed by atoms with E-state index in [1.54, 1.807) is 0 Å². The molecule has 0 aliphatic carbocycles. The molecule has 0 aliphatic heterocycles. The third-order valence-corrected chi connectivity index (χ3v) is 2.16. The van der Waals surface area contributed by atoms with E-state index in [1.807, 2.05) is 6.92 Å². The average molecular weight is 271 g/mol. The van der Waals surface area contributed by atoms with E-state index >= 15 is 0 Å². The van der Waals surface area contributed by atoms with Crippen molar-refractivity contribution in [2.75, 3.05) is 0 Å². The highest BCUT2D eigenvalue weighted by molar-refractivity contribution is 5.66. The Balaban J connectivity index is 6.03. The molecule has 18 heavy (non-hydrogen) atoms. The fourth-order valence-corrected chi connectivity index (χ4v) is 1.28. The molecule has 0 saturated carbocycles. The van der Waals surface area contributed by atoms with Gasteiger partial charge in [0.1, 0.15) is 0 Å². The van der Waals surface area contributed by atoms with Gasteiger partial charge < -0.3 is 5.11 Å². The first-order chi connectivity index (χ1) is 14.0. The number of rotatable bonds is 14. The van der Waals surface area contributed by atoms with E-state index < -0.39 is 57.0 Å². The molecule has 0 heterocycles. The Kier molecular flexibility index (Phi) is 4.12. The van der Waals surface area contributed by atoms with Crippen LogP contribution in [0, 0.1) is 0 Å². The molecule has 108 valence electrons. The Morgan fingerprint density at radius 1 is 0.833 bits per heavy atom. The predicted octanol–water partition coefficient (Wildman–Crippen LogP) is 5.55. The van der Waals surface area contributed by atoms with Crippen molar-refractivity contribution in [2.24, 2.45) is 0 Å². The first-order valence-corrected chi connectivity index (χ1v) is 6.24. The number of carboxylic acid groups (broad SMARTS) is 1. The van der Waals surface area contributed by atoms with Crippen LogP contribution >= 0.6 is 0 Å². The van der Waals surface area contributed by atoms with Gasteiger partial charge in [-0.05, 0) is 6.37 Å². The van der Waals surface area contributed by atoms with E-state index in [4.69, 9.17) is 24.3 Å². The zero-order chi connectivity index (χ0) is 26.0. The molecule has 0 fully saturated rings. The zero-order valence-electron chi connectivity index (χ0n) is 24.8. The van der Waals surface area contributed by atoms with Crippen LogP contribution in [-0.2, 0) is 4.79 Å². The van der Waals surface area contributed by atoms with Crippen molar-refractivity contribution in [3.63, 3.8) is 0 Å². The molecule has 0 radical (unpaired) electrons. The molecule has 0 aromatic rings. The van der Waals surface area contributed by atoms with Crippen molar-refractivity contribution < 1.29 is 29.1 Å². The van der Waals surface area contributed by atoms with Crippen molar-refractivity contribution in [1.29, 1.82) is 0 Å².